The van der Waals surface area contributed by atoms with E-state index in [0.29, 0.717) is 236 Å². The van der Waals surface area contributed by atoms with Gasteiger partial charge in [0.2, 0.25) is 23.8 Å². The van der Waals surface area contributed by atoms with Gasteiger partial charge in [0.1, 0.15) is 88.9 Å². The van der Waals surface area contributed by atoms with E-state index in [4.69, 9.17) is 83.2 Å². The van der Waals surface area contributed by atoms with E-state index in [-0.39, 0.29) is 65.2 Å². The number of rotatable bonds is 24. The lowest BCUT2D eigenvalue weighted by molar-refractivity contribution is 0.0263. The topological polar surface area (TPSA) is 468 Å². The zero-order valence-corrected chi connectivity index (χ0v) is 89.4. The van der Waals surface area contributed by atoms with Gasteiger partial charge < -0.3 is 102 Å². The Labute approximate surface area is 880 Å². The third kappa shape index (κ3) is 22.9. The summed E-state index contributed by atoms with van der Waals surface area (Å²) >= 11 is 0. The van der Waals surface area contributed by atoms with Crippen molar-refractivity contribution in [3.63, 3.8) is 0 Å². The molecular weight excluding hydrogens is 2000 g/mol. The summed E-state index contributed by atoms with van der Waals surface area (Å²) in [6.07, 6.45) is 29.0. The van der Waals surface area contributed by atoms with Crippen LogP contribution in [0.4, 0.5) is 47.1 Å². The van der Waals surface area contributed by atoms with Crippen LogP contribution in [0.5, 0.6) is 0 Å². The molecule has 0 spiro atoms. The summed E-state index contributed by atoms with van der Waals surface area (Å²) in [4.78, 5) is 132. The Morgan fingerprint density at radius 1 is 0.387 bits per heavy atom. The number of carbonyl (C=O) groups is 4. The van der Waals surface area contributed by atoms with Gasteiger partial charge >= 0.3 is 0 Å². The van der Waals surface area contributed by atoms with Crippen LogP contribution >= 0.6 is 0 Å². The van der Waals surface area contributed by atoms with Crippen molar-refractivity contribution in [2.24, 2.45) is 7.05 Å². The first-order chi connectivity index (χ1) is 72.9. The molecule has 7 fully saturated rings. The van der Waals surface area contributed by atoms with Gasteiger partial charge in [0.05, 0.1) is 104 Å². The molecule has 25 rings (SSSR count). The van der Waals surface area contributed by atoms with Crippen LogP contribution in [0.3, 0.4) is 0 Å². The molecule has 1 aliphatic carbocycles. The summed E-state index contributed by atoms with van der Waals surface area (Å²) in [5.41, 5.74) is 8.10. The molecule has 0 aromatic carbocycles. The number of hydrogen-bond donors (Lipinski definition) is 4. The fourth-order valence-electron chi connectivity index (χ4n) is 22.2. The highest BCUT2D eigenvalue weighted by Gasteiger charge is 2.43. The minimum atomic E-state index is -1.09. The van der Waals surface area contributed by atoms with Gasteiger partial charge in [0.15, 0.2) is 5.78 Å². The van der Waals surface area contributed by atoms with Gasteiger partial charge in [-0.25, -0.2) is 39.9 Å². The molecule has 15 aliphatic rings. The molecule has 3 amide bonds. The number of Topliss-reactive ketones (excluding diaryl/α,β-unsaturated/α-hetero) is 1. The molecule has 14 aliphatic heterocycles. The number of ether oxygens (including phenoxy) is 6. The summed E-state index contributed by atoms with van der Waals surface area (Å²) in [5.74, 6) is 10.8. The largest absolute Gasteiger partial charge is 0.381 e. The van der Waals surface area contributed by atoms with Crippen molar-refractivity contribution in [3.05, 3.63) is 141 Å². The number of hydrogen-bond acceptors (Lipinski definition) is 36. The molecule has 800 valence electrons. The van der Waals surface area contributed by atoms with Crippen molar-refractivity contribution in [2.45, 2.75) is 269 Å². The van der Waals surface area contributed by atoms with E-state index in [1.165, 1.54) is 0 Å². The highest BCUT2D eigenvalue weighted by molar-refractivity contribution is 7.86. The predicted molar refractivity (Wildman–Crippen MR) is 560 cm³/mol. The maximum Gasteiger partial charge on any atom is 0.274 e. The summed E-state index contributed by atoms with van der Waals surface area (Å²) in [7, 11) is 1.19. The monoisotopic (exact) mass is 2130 g/mol. The molecule has 4 N–H and O–H groups in total. The Bertz CT molecular complexity index is 6730. The van der Waals surface area contributed by atoms with E-state index >= 15 is 0 Å². The van der Waals surface area contributed by atoms with Crippen LogP contribution in [-0.2, 0) is 169 Å². The highest BCUT2D eigenvalue weighted by atomic mass is 32.2. The van der Waals surface area contributed by atoms with E-state index in [0.717, 1.165) is 232 Å². The highest BCUT2D eigenvalue weighted by Crippen LogP contribution is 2.41. The molecule has 4 unspecified atom stereocenters. The SMILES string of the molecule is CC(C)(CC(=O)c1cn2c(n1)CN(c1nc3c(c(NC4CCOCC4)n1)S(=O)CC3)CC2)c1ccncc1.CN(C(=O)c1cn2c(n1)CN(c1nc3c(c(NC4CCOCC4)n1)S(=O)CC3)CC2)C1CCOCC1.Cc1cn(C)nc1CN(C)C(=O)c1cn2c(n1)CN(c1nc3c(c(NC4CCOCC4)n1)S(=O)CC3)CC2.O=C(c1cn2c(n1)CN(c1nc3c(c(NC4CCOCC4)n1)S(=O)CC3)CC2)N(C1CCOCC1)C1CC1. The number of nitrogens with one attached hydrogen (secondary N) is 4. The first kappa shape index (κ1) is 103. The van der Waals surface area contributed by atoms with Crippen molar-refractivity contribution in [1.29, 1.82) is 0 Å². The number of nitrogens with zero attached hydrogens (tertiary/aromatic N) is 26. The Hall–Kier alpha value is -11.6. The first-order valence-corrected chi connectivity index (χ1v) is 58.4. The van der Waals surface area contributed by atoms with E-state index in [1.54, 1.807) is 29.0 Å². The van der Waals surface area contributed by atoms with Crippen LogP contribution in [0.25, 0.3) is 0 Å². The first-order valence-electron chi connectivity index (χ1n) is 53.1. The maximum atomic E-state index is 13.6. The molecule has 10 aromatic rings. The number of anilines is 8. The molecular formula is C102H134N30O14S4. The number of carbonyl (C=O) groups excluding carboxylic acids is 4. The fourth-order valence-corrected chi connectivity index (χ4v) is 27.4. The zero-order chi connectivity index (χ0) is 103. The van der Waals surface area contributed by atoms with Gasteiger partial charge in [-0.2, -0.15) is 25.0 Å². The van der Waals surface area contributed by atoms with Crippen molar-refractivity contribution < 1.29 is 64.4 Å². The van der Waals surface area contributed by atoms with E-state index in [1.807, 2.05) is 73.6 Å². The second kappa shape index (κ2) is 45.3. The molecule has 0 radical (unpaired) electrons. The number of imidazole rings is 4. The van der Waals surface area contributed by atoms with Gasteiger partial charge in [-0.15, -0.1) is 0 Å². The molecule has 4 atom stereocenters. The average Bonchev–Trinajstić information content (AvgIpc) is 1.61. The number of pyridine rings is 1. The van der Waals surface area contributed by atoms with Crippen molar-refractivity contribution in [1.82, 2.24) is 108 Å². The summed E-state index contributed by atoms with van der Waals surface area (Å²) in [6.45, 7) is 22.8. The van der Waals surface area contributed by atoms with Crippen LogP contribution < -0.4 is 40.9 Å². The van der Waals surface area contributed by atoms with Crippen LogP contribution in [-0.4, -0.2) is 333 Å². The lowest BCUT2D eigenvalue weighted by Gasteiger charge is -2.34. The zero-order valence-electron chi connectivity index (χ0n) is 86.2. The minimum absolute atomic E-state index is 0.0273. The minimum Gasteiger partial charge on any atom is -0.381 e. The van der Waals surface area contributed by atoms with E-state index < -0.39 is 43.2 Å². The maximum absolute atomic E-state index is 13.6. The van der Waals surface area contributed by atoms with Crippen molar-refractivity contribution >= 4 is 114 Å². The van der Waals surface area contributed by atoms with E-state index in [9.17, 15) is 36.0 Å². The Kier molecular flexibility index (Phi) is 31.1. The fraction of sp³-hybridized carbons (Fsp3) is 0.608. The molecule has 44 nitrogen and oxygen atoms in total. The molecule has 0 bridgehead atoms. The van der Waals surface area contributed by atoms with Crippen molar-refractivity contribution in [2.75, 3.05) is 183 Å². The lowest BCUT2D eigenvalue weighted by Crippen LogP contribution is -2.45. The molecule has 6 saturated heterocycles. The Balaban J connectivity index is 0.000000113. The van der Waals surface area contributed by atoms with Crippen molar-refractivity contribution in [3.8, 4) is 0 Å². The number of fused-ring (bicyclic) bond motifs is 8. The molecule has 1 saturated carbocycles. The smallest absolute Gasteiger partial charge is 0.274 e. The molecule has 150 heavy (non-hydrogen) atoms. The van der Waals surface area contributed by atoms with Crippen LogP contribution in [0, 0.1) is 6.92 Å². The van der Waals surface area contributed by atoms with Gasteiger partial charge in [-0.1, -0.05) is 13.8 Å². The number of ketones is 1. The lowest BCUT2D eigenvalue weighted by atomic mass is 9.80. The average molecular weight is 2130 g/mol. The van der Waals surface area contributed by atoms with Crippen LogP contribution in [0.2, 0.25) is 0 Å². The second-order valence-corrected chi connectivity index (χ2v) is 47.9. The summed E-state index contributed by atoms with van der Waals surface area (Å²) in [6, 6.07) is 5.69. The summed E-state index contributed by atoms with van der Waals surface area (Å²) < 4.78 is 93.9. The number of aromatic nitrogens is 19. The van der Waals surface area contributed by atoms with Gasteiger partial charge in [0.25, 0.3) is 17.7 Å². The van der Waals surface area contributed by atoms with Crippen LogP contribution in [0.1, 0.15) is 215 Å². The quantitative estimate of drug-likeness (QED) is 0.0439. The van der Waals surface area contributed by atoms with Gasteiger partial charge in [-0.3, -0.25) is 45.7 Å². The van der Waals surface area contributed by atoms with Gasteiger partial charge in [-0.05, 0) is 125 Å². The standard InChI is InChI=1S/C27H33N7O3S.C26H35N7O4S.C25H33N9O3S.C24H33N7O4S/c1-27(2,18-3-8-28-9-4-18)15-22(35)21-16-33-10-11-34(17-23(33)30-21)26-31-20-7-14-38(36)24(20)25(32-26)29-19-5-12-37-13-6-19;34-25(33(18-1-2-18)19-5-12-37-13-6-19)21-15-31-8-9-32(16-22(31)28-21)26-29-20-7-14-38(35)23(20)24(30-26)27-17-3-10-36-11-4-17;1-16-12-32(3)30-19(16)13-31(2)24(35)20-14-33-7-8-34(15-21(33)27-20)25-28-18-6-11-38(36)22(18)23(29-25)26-17-4-9-37-10-5-17;1-29(17-4-11-35-12-5-17)23(32)19-14-30-7-8-31(15-20(30)26-19)24-27-18-6-13-36(33)21(18)22(28-24)25-16-2-9-34-10-3-16/h3-4,8-9,16,19H,5-7,10-15,17H2,1-2H3,(H,29,31,32);15,17-19H,1-14,16H2,(H,27,29,30);12,14,17H,4-11,13,15H2,1-3H3,(H,26,28,29);14,16-17H,2-13,15H2,1H3,(H,25,27,28). The normalized spacial score (nSPS) is 21.5. The summed E-state index contributed by atoms with van der Waals surface area (Å²) in [5, 5.41) is 18.6. The van der Waals surface area contributed by atoms with Gasteiger partial charge in [0, 0.05) is 294 Å². The number of amides is 3. The van der Waals surface area contributed by atoms with Crippen LogP contribution in [0.15, 0.2) is 75.1 Å². The molecule has 24 heterocycles. The Morgan fingerprint density at radius 3 is 1.04 bits per heavy atom. The third-order valence-electron chi connectivity index (χ3n) is 31.0. The predicted octanol–water partition coefficient (Wildman–Crippen LogP) is 7.09. The van der Waals surface area contributed by atoms with E-state index in [2.05, 4.69) is 88.4 Å². The molecule has 48 heteroatoms. The second-order valence-electron chi connectivity index (χ2n) is 41.9. The molecule has 10 aromatic heterocycles. The number of aryl methyl sites for hydroxylation is 6. The Morgan fingerprint density at radius 2 is 0.700 bits per heavy atom. The third-order valence-corrected chi connectivity index (χ3v) is 36.8.